The number of hydrogen-bond acceptors (Lipinski definition) is 2. The molecule has 1 fully saturated rings. The van der Waals surface area contributed by atoms with Crippen LogP contribution in [0.5, 0.6) is 0 Å². The SMILES string of the molecule is O=C(CCc1ccccc1)N[C@@H]1CCCC[C@H]1O. The van der Waals surface area contributed by atoms with Crippen LogP contribution in [0.2, 0.25) is 0 Å². The van der Waals surface area contributed by atoms with Crippen LogP contribution in [0.3, 0.4) is 0 Å². The molecule has 3 heteroatoms. The Morgan fingerprint density at radius 1 is 1.22 bits per heavy atom. The van der Waals surface area contributed by atoms with Crippen molar-refractivity contribution in [2.24, 2.45) is 0 Å². The Bertz CT molecular complexity index is 377. The number of nitrogens with one attached hydrogen (secondary N) is 1. The molecule has 0 saturated heterocycles. The van der Waals surface area contributed by atoms with Crippen molar-refractivity contribution in [3.8, 4) is 0 Å². The molecule has 0 aromatic heterocycles. The summed E-state index contributed by atoms with van der Waals surface area (Å²) in [5.41, 5.74) is 1.18. The van der Waals surface area contributed by atoms with Gasteiger partial charge < -0.3 is 10.4 Å². The van der Waals surface area contributed by atoms with E-state index < -0.39 is 0 Å². The average Bonchev–Trinajstić information content (AvgIpc) is 2.40. The summed E-state index contributed by atoms with van der Waals surface area (Å²) in [6.45, 7) is 0. The molecule has 1 amide bonds. The molecule has 0 spiro atoms. The number of aliphatic hydroxyl groups excluding tert-OH is 1. The highest BCUT2D eigenvalue weighted by molar-refractivity contribution is 5.76. The Balaban J connectivity index is 1.75. The largest absolute Gasteiger partial charge is 0.391 e. The van der Waals surface area contributed by atoms with Crippen LogP contribution in [0.15, 0.2) is 30.3 Å². The van der Waals surface area contributed by atoms with Gasteiger partial charge in [0.05, 0.1) is 12.1 Å². The van der Waals surface area contributed by atoms with Crippen molar-refractivity contribution >= 4 is 5.91 Å². The number of carbonyl (C=O) groups excluding carboxylic acids is 1. The van der Waals surface area contributed by atoms with Gasteiger partial charge in [-0.15, -0.1) is 0 Å². The minimum atomic E-state index is -0.362. The number of hydrogen-bond donors (Lipinski definition) is 2. The molecule has 1 aliphatic carbocycles. The Kier molecular flexibility index (Phi) is 4.76. The molecule has 18 heavy (non-hydrogen) atoms. The quantitative estimate of drug-likeness (QED) is 0.855. The van der Waals surface area contributed by atoms with Crippen molar-refractivity contribution in [1.29, 1.82) is 0 Å². The van der Waals surface area contributed by atoms with Gasteiger partial charge in [-0.3, -0.25) is 4.79 Å². The Morgan fingerprint density at radius 2 is 1.94 bits per heavy atom. The summed E-state index contributed by atoms with van der Waals surface area (Å²) in [7, 11) is 0. The van der Waals surface area contributed by atoms with Crippen LogP contribution in [0.1, 0.15) is 37.7 Å². The molecule has 98 valence electrons. The van der Waals surface area contributed by atoms with E-state index in [1.54, 1.807) is 0 Å². The molecule has 1 aliphatic rings. The summed E-state index contributed by atoms with van der Waals surface area (Å²) in [6.07, 6.45) is 4.77. The fraction of sp³-hybridized carbons (Fsp3) is 0.533. The standard InChI is InChI=1S/C15H21NO2/c17-14-9-5-4-8-13(14)16-15(18)11-10-12-6-2-1-3-7-12/h1-3,6-7,13-14,17H,4-5,8-11H2,(H,16,18)/t13-,14-/m1/s1. The zero-order valence-electron chi connectivity index (χ0n) is 10.6. The van der Waals surface area contributed by atoms with Crippen LogP contribution in [-0.2, 0) is 11.2 Å². The van der Waals surface area contributed by atoms with E-state index in [0.29, 0.717) is 6.42 Å². The van der Waals surface area contributed by atoms with Gasteiger partial charge in [0.25, 0.3) is 0 Å². The van der Waals surface area contributed by atoms with E-state index in [2.05, 4.69) is 5.32 Å². The molecule has 2 rings (SSSR count). The molecule has 0 radical (unpaired) electrons. The zero-order chi connectivity index (χ0) is 12.8. The van der Waals surface area contributed by atoms with E-state index in [4.69, 9.17) is 0 Å². The summed E-state index contributed by atoms with van der Waals surface area (Å²) in [4.78, 5) is 11.8. The molecule has 0 aliphatic heterocycles. The highest BCUT2D eigenvalue weighted by Gasteiger charge is 2.24. The Hall–Kier alpha value is -1.35. The fourth-order valence-corrected chi connectivity index (χ4v) is 2.46. The van der Waals surface area contributed by atoms with E-state index >= 15 is 0 Å². The third kappa shape index (κ3) is 3.84. The van der Waals surface area contributed by atoms with Gasteiger partial charge in [-0.25, -0.2) is 0 Å². The lowest BCUT2D eigenvalue weighted by Gasteiger charge is -2.28. The molecular formula is C15H21NO2. The van der Waals surface area contributed by atoms with Crippen molar-refractivity contribution in [3.05, 3.63) is 35.9 Å². The van der Waals surface area contributed by atoms with E-state index in [9.17, 15) is 9.90 Å². The molecular weight excluding hydrogens is 226 g/mol. The number of aliphatic hydroxyl groups is 1. The van der Waals surface area contributed by atoms with Gasteiger partial charge in [0, 0.05) is 6.42 Å². The third-order valence-electron chi connectivity index (χ3n) is 3.56. The maximum Gasteiger partial charge on any atom is 0.220 e. The first kappa shape index (κ1) is 13.1. The predicted molar refractivity (Wildman–Crippen MR) is 71.2 cm³/mol. The second-order valence-corrected chi connectivity index (χ2v) is 5.01. The van der Waals surface area contributed by atoms with Gasteiger partial charge in [-0.2, -0.15) is 0 Å². The lowest BCUT2D eigenvalue weighted by molar-refractivity contribution is -0.123. The average molecular weight is 247 g/mol. The first-order valence-corrected chi connectivity index (χ1v) is 6.77. The Morgan fingerprint density at radius 3 is 2.67 bits per heavy atom. The smallest absolute Gasteiger partial charge is 0.220 e. The first-order chi connectivity index (χ1) is 8.75. The van der Waals surface area contributed by atoms with Gasteiger partial charge in [0.15, 0.2) is 0 Å². The number of amides is 1. The molecule has 1 saturated carbocycles. The first-order valence-electron chi connectivity index (χ1n) is 6.77. The van der Waals surface area contributed by atoms with Crippen molar-refractivity contribution in [2.75, 3.05) is 0 Å². The van der Waals surface area contributed by atoms with E-state index in [0.717, 1.165) is 32.1 Å². The van der Waals surface area contributed by atoms with Gasteiger partial charge >= 0.3 is 0 Å². The minimum absolute atomic E-state index is 0.0398. The fourth-order valence-electron chi connectivity index (χ4n) is 2.46. The molecule has 2 atom stereocenters. The van der Waals surface area contributed by atoms with E-state index in [-0.39, 0.29) is 18.1 Å². The van der Waals surface area contributed by atoms with Crippen molar-refractivity contribution in [3.63, 3.8) is 0 Å². The maximum absolute atomic E-state index is 11.8. The van der Waals surface area contributed by atoms with Gasteiger partial charge in [0.2, 0.25) is 5.91 Å². The van der Waals surface area contributed by atoms with Crippen molar-refractivity contribution in [1.82, 2.24) is 5.32 Å². The summed E-state index contributed by atoms with van der Waals surface area (Å²) >= 11 is 0. The van der Waals surface area contributed by atoms with Crippen molar-refractivity contribution in [2.45, 2.75) is 50.7 Å². The van der Waals surface area contributed by atoms with Crippen molar-refractivity contribution < 1.29 is 9.90 Å². The molecule has 2 N–H and O–H groups in total. The number of aryl methyl sites for hydroxylation is 1. The van der Waals surface area contributed by atoms with Crippen LogP contribution < -0.4 is 5.32 Å². The molecule has 1 aromatic rings. The van der Waals surface area contributed by atoms with Gasteiger partial charge in [-0.1, -0.05) is 43.2 Å². The number of carbonyl (C=O) groups is 1. The van der Waals surface area contributed by atoms with Gasteiger partial charge in [-0.05, 0) is 24.8 Å². The van der Waals surface area contributed by atoms with E-state index in [1.165, 1.54) is 5.56 Å². The summed E-state index contributed by atoms with van der Waals surface area (Å²) in [5.74, 6) is 0.0461. The summed E-state index contributed by atoms with van der Waals surface area (Å²) < 4.78 is 0. The maximum atomic E-state index is 11.8. The lowest BCUT2D eigenvalue weighted by atomic mass is 9.92. The highest BCUT2D eigenvalue weighted by atomic mass is 16.3. The number of rotatable bonds is 4. The summed E-state index contributed by atoms with van der Waals surface area (Å²) in [6, 6.07) is 9.96. The summed E-state index contributed by atoms with van der Waals surface area (Å²) in [5, 5.41) is 12.7. The molecule has 0 bridgehead atoms. The zero-order valence-corrected chi connectivity index (χ0v) is 10.6. The van der Waals surface area contributed by atoms with E-state index in [1.807, 2.05) is 30.3 Å². The normalized spacial score (nSPS) is 23.6. The lowest BCUT2D eigenvalue weighted by Crippen LogP contribution is -2.45. The molecule has 1 aromatic carbocycles. The van der Waals surface area contributed by atoms with Crippen LogP contribution in [0.4, 0.5) is 0 Å². The molecule has 0 heterocycles. The van der Waals surface area contributed by atoms with Crippen LogP contribution in [0.25, 0.3) is 0 Å². The predicted octanol–water partition coefficient (Wildman–Crippen LogP) is 2.04. The minimum Gasteiger partial charge on any atom is -0.391 e. The topological polar surface area (TPSA) is 49.3 Å². The second kappa shape index (κ2) is 6.55. The highest BCUT2D eigenvalue weighted by Crippen LogP contribution is 2.18. The third-order valence-corrected chi connectivity index (χ3v) is 3.56. The molecule has 3 nitrogen and oxygen atoms in total. The van der Waals surface area contributed by atoms with Crippen LogP contribution in [-0.4, -0.2) is 23.2 Å². The molecule has 0 unspecified atom stereocenters. The number of benzene rings is 1. The van der Waals surface area contributed by atoms with Crippen LogP contribution in [0, 0.1) is 0 Å². The monoisotopic (exact) mass is 247 g/mol. The second-order valence-electron chi connectivity index (χ2n) is 5.01. The van der Waals surface area contributed by atoms with Gasteiger partial charge in [0.1, 0.15) is 0 Å². The van der Waals surface area contributed by atoms with Crippen LogP contribution >= 0.6 is 0 Å². The Labute approximate surface area is 108 Å².